The molecule has 1 fully saturated rings. The standard InChI is InChI=1S/C18H23O4PS.C11H17O2P.C4H8O/c1-15-10-12-17(13-11-15)24(20,21)22-14-23(19,18(2,3)4)16-8-6-5-7-9-16;1-11(2,3)14(13,9-12)10-7-5-4-6-8-10;1-2-4-5-3-1/h5-13H,14H2,1-4H3;4-8,12H,9H2,1-3H3;1-4H2/t23-;14-;/m11./s1. The van der Waals surface area contributed by atoms with Gasteiger partial charge < -0.3 is 19.0 Å². The molecule has 3 aromatic carbocycles. The summed E-state index contributed by atoms with van der Waals surface area (Å²) in [5, 5.41) is 9.69. The molecule has 1 saturated heterocycles. The second-order valence-corrected chi connectivity index (χ2v) is 21.3. The molecular formula is C33H48O7P2S. The molecule has 10 heteroatoms. The molecule has 0 aromatic heterocycles. The molecule has 3 aromatic rings. The summed E-state index contributed by atoms with van der Waals surface area (Å²) in [5.41, 5.74) is 0.957. The summed E-state index contributed by atoms with van der Waals surface area (Å²) in [6, 6.07) is 24.6. The van der Waals surface area contributed by atoms with E-state index in [4.69, 9.17) is 8.92 Å². The predicted octanol–water partition coefficient (Wildman–Crippen LogP) is 7.37. The topological polar surface area (TPSA) is 107 Å². The number of aliphatic hydroxyl groups excluding tert-OH is 1. The van der Waals surface area contributed by atoms with Crippen molar-refractivity contribution in [3.05, 3.63) is 90.5 Å². The number of aliphatic hydroxyl groups is 1. The summed E-state index contributed by atoms with van der Waals surface area (Å²) in [6.45, 7) is 15.1. The lowest BCUT2D eigenvalue weighted by atomic mass is 10.2. The van der Waals surface area contributed by atoms with E-state index in [9.17, 15) is 22.7 Å². The Bertz CT molecular complexity index is 1450. The van der Waals surface area contributed by atoms with Crippen LogP contribution in [0.25, 0.3) is 0 Å². The fraction of sp³-hybridized carbons (Fsp3) is 0.455. The van der Waals surface area contributed by atoms with E-state index in [1.165, 1.54) is 25.0 Å². The monoisotopic (exact) mass is 650 g/mol. The smallest absolute Gasteiger partial charge is 0.297 e. The first-order valence-electron chi connectivity index (χ1n) is 14.4. The van der Waals surface area contributed by atoms with Crippen molar-refractivity contribution >= 4 is 35.0 Å². The van der Waals surface area contributed by atoms with Crippen molar-refractivity contribution in [2.75, 3.05) is 25.9 Å². The van der Waals surface area contributed by atoms with Crippen LogP contribution in [-0.4, -0.2) is 49.7 Å². The molecule has 1 N–H and O–H groups in total. The molecule has 2 atom stereocenters. The van der Waals surface area contributed by atoms with Crippen molar-refractivity contribution in [2.45, 2.75) is 76.5 Å². The molecule has 0 aliphatic carbocycles. The van der Waals surface area contributed by atoms with Crippen LogP contribution in [0, 0.1) is 6.92 Å². The zero-order chi connectivity index (χ0) is 32.4. The minimum atomic E-state index is -3.95. The second kappa shape index (κ2) is 15.8. The van der Waals surface area contributed by atoms with E-state index in [1.54, 1.807) is 36.4 Å². The Hall–Kier alpha value is -2.05. The molecular weight excluding hydrogens is 602 g/mol. The van der Waals surface area contributed by atoms with Gasteiger partial charge in [-0.2, -0.15) is 8.42 Å². The fourth-order valence-corrected chi connectivity index (χ4v) is 9.84. The Balaban J connectivity index is 0.000000283. The molecule has 0 bridgehead atoms. The molecule has 0 saturated carbocycles. The van der Waals surface area contributed by atoms with Crippen LogP contribution in [-0.2, 0) is 28.2 Å². The summed E-state index contributed by atoms with van der Waals surface area (Å²) in [6.07, 6.45) is 1.94. The van der Waals surface area contributed by atoms with Crippen molar-refractivity contribution in [3.63, 3.8) is 0 Å². The third kappa shape index (κ3) is 10.2. The molecule has 0 radical (unpaired) electrons. The van der Waals surface area contributed by atoms with Crippen LogP contribution in [0.3, 0.4) is 0 Å². The molecule has 0 amide bonds. The maximum absolute atomic E-state index is 13.6. The van der Waals surface area contributed by atoms with Gasteiger partial charge in [0.1, 0.15) is 27.0 Å². The summed E-state index contributed by atoms with van der Waals surface area (Å²) in [5.74, 6) is 0. The van der Waals surface area contributed by atoms with E-state index >= 15 is 0 Å². The lowest BCUT2D eigenvalue weighted by molar-refractivity contribution is 0.198. The number of rotatable bonds is 7. The average molecular weight is 651 g/mol. The number of ether oxygens (including phenoxy) is 1. The first kappa shape index (κ1) is 37.1. The summed E-state index contributed by atoms with van der Waals surface area (Å²) in [7, 11) is -9.71. The molecule has 1 aliphatic rings. The molecule has 1 aliphatic heterocycles. The van der Waals surface area contributed by atoms with Crippen LogP contribution in [0.4, 0.5) is 0 Å². The van der Waals surface area contributed by atoms with Crippen LogP contribution >= 0.6 is 14.3 Å². The molecule has 0 unspecified atom stereocenters. The summed E-state index contributed by atoms with van der Waals surface area (Å²) in [4.78, 5) is 0.0709. The Kier molecular flexibility index (Phi) is 13.6. The van der Waals surface area contributed by atoms with Gasteiger partial charge in [0.2, 0.25) is 0 Å². The van der Waals surface area contributed by atoms with Crippen molar-refractivity contribution in [1.82, 2.24) is 0 Å². The van der Waals surface area contributed by atoms with E-state index in [2.05, 4.69) is 0 Å². The van der Waals surface area contributed by atoms with Gasteiger partial charge in [0, 0.05) is 34.1 Å². The van der Waals surface area contributed by atoms with Gasteiger partial charge in [-0.1, -0.05) is 120 Å². The molecule has 0 spiro atoms. The van der Waals surface area contributed by atoms with Gasteiger partial charge in [0.25, 0.3) is 10.1 Å². The van der Waals surface area contributed by atoms with E-state index in [0.717, 1.165) is 24.1 Å². The average Bonchev–Trinajstić information content (AvgIpc) is 3.56. The normalized spacial score (nSPS) is 16.5. The van der Waals surface area contributed by atoms with E-state index in [1.807, 2.05) is 84.9 Å². The molecule has 7 nitrogen and oxygen atoms in total. The van der Waals surface area contributed by atoms with Crippen LogP contribution in [0.5, 0.6) is 0 Å². The first-order chi connectivity index (χ1) is 20.0. The lowest BCUT2D eigenvalue weighted by Crippen LogP contribution is -2.27. The predicted molar refractivity (Wildman–Crippen MR) is 178 cm³/mol. The Morgan fingerprint density at radius 2 is 1.14 bits per heavy atom. The van der Waals surface area contributed by atoms with Crippen molar-refractivity contribution < 1.29 is 31.6 Å². The molecule has 238 valence electrons. The number of benzene rings is 3. The largest absolute Gasteiger partial charge is 0.388 e. The number of hydrogen-bond acceptors (Lipinski definition) is 7. The van der Waals surface area contributed by atoms with Gasteiger partial charge >= 0.3 is 0 Å². The summed E-state index contributed by atoms with van der Waals surface area (Å²) < 4.78 is 61.1. The van der Waals surface area contributed by atoms with Gasteiger partial charge in [-0.25, -0.2) is 0 Å². The van der Waals surface area contributed by atoms with Gasteiger partial charge in [0.15, 0.2) is 0 Å². The quantitative estimate of drug-likeness (QED) is 0.210. The van der Waals surface area contributed by atoms with Crippen LogP contribution < -0.4 is 10.6 Å². The van der Waals surface area contributed by atoms with Crippen molar-refractivity contribution in [2.24, 2.45) is 0 Å². The highest BCUT2D eigenvalue weighted by Crippen LogP contribution is 2.57. The van der Waals surface area contributed by atoms with Crippen molar-refractivity contribution in [3.8, 4) is 0 Å². The second-order valence-electron chi connectivity index (χ2n) is 12.5. The highest BCUT2D eigenvalue weighted by molar-refractivity contribution is 7.87. The Morgan fingerprint density at radius 1 is 0.721 bits per heavy atom. The minimum absolute atomic E-state index is 0.0709. The van der Waals surface area contributed by atoms with Crippen molar-refractivity contribution in [1.29, 1.82) is 0 Å². The highest BCUT2D eigenvalue weighted by Gasteiger charge is 2.40. The molecule has 1 heterocycles. The maximum Gasteiger partial charge on any atom is 0.297 e. The van der Waals surface area contributed by atoms with E-state index in [-0.39, 0.29) is 22.7 Å². The number of aryl methyl sites for hydroxylation is 1. The van der Waals surface area contributed by atoms with Gasteiger partial charge in [0.05, 0.1) is 4.90 Å². The van der Waals surface area contributed by atoms with Gasteiger partial charge in [-0.15, -0.1) is 0 Å². The zero-order valence-corrected chi connectivity index (χ0v) is 29.1. The van der Waals surface area contributed by atoms with E-state index in [0.29, 0.717) is 5.30 Å². The zero-order valence-electron chi connectivity index (χ0n) is 26.5. The van der Waals surface area contributed by atoms with Gasteiger partial charge in [-0.05, 0) is 31.9 Å². The minimum Gasteiger partial charge on any atom is -0.388 e. The first-order valence-corrected chi connectivity index (χ1v) is 19.6. The third-order valence-corrected chi connectivity index (χ3v) is 16.2. The SMILES string of the molecule is C1CCOC1.CC(C)(C)[P@@](=O)(CO)c1ccccc1.Cc1ccc(S(=O)(=O)OC[P@@](=O)(c2ccccc2)C(C)(C)C)cc1. The number of hydrogen-bond donors (Lipinski definition) is 1. The Morgan fingerprint density at radius 3 is 1.49 bits per heavy atom. The fourth-order valence-electron chi connectivity index (χ4n) is 4.10. The van der Waals surface area contributed by atoms with Crippen LogP contribution in [0.15, 0.2) is 89.8 Å². The Labute approximate surface area is 258 Å². The third-order valence-electron chi connectivity index (χ3n) is 7.24. The van der Waals surface area contributed by atoms with Crippen LogP contribution in [0.2, 0.25) is 0 Å². The lowest BCUT2D eigenvalue weighted by Gasteiger charge is -2.31. The molecule has 4 rings (SSSR count). The maximum atomic E-state index is 13.6. The van der Waals surface area contributed by atoms with E-state index < -0.39 is 29.6 Å². The highest BCUT2D eigenvalue weighted by atomic mass is 32.2. The van der Waals surface area contributed by atoms with Crippen LogP contribution in [0.1, 0.15) is 59.9 Å². The summed E-state index contributed by atoms with van der Waals surface area (Å²) >= 11 is 0. The molecule has 43 heavy (non-hydrogen) atoms. The van der Waals surface area contributed by atoms with Gasteiger partial charge in [-0.3, -0.25) is 4.18 Å².